The van der Waals surface area contributed by atoms with E-state index in [-0.39, 0.29) is 17.4 Å². The molecule has 2 aliphatic rings. The summed E-state index contributed by atoms with van der Waals surface area (Å²) in [7, 11) is 0. The van der Waals surface area contributed by atoms with Gasteiger partial charge in [0.15, 0.2) is 0 Å². The van der Waals surface area contributed by atoms with E-state index in [1.165, 1.54) is 0 Å². The van der Waals surface area contributed by atoms with E-state index < -0.39 is 0 Å². The van der Waals surface area contributed by atoms with Crippen molar-refractivity contribution in [2.75, 3.05) is 45.9 Å². The lowest BCUT2D eigenvalue weighted by atomic mass is 9.88. The van der Waals surface area contributed by atoms with Gasteiger partial charge in [0.1, 0.15) is 0 Å². The molecule has 0 bridgehead atoms. The first-order valence-electron chi connectivity index (χ1n) is 7.32. The Hall–Kier alpha value is -0.650. The topological polar surface area (TPSA) is 53.6 Å². The molecule has 1 unspecified atom stereocenters. The average Bonchev–Trinajstić information content (AvgIpc) is 2.35. The van der Waals surface area contributed by atoms with Gasteiger partial charge in [-0.1, -0.05) is 6.92 Å². The Balaban J connectivity index is 1.77. The average molecular weight is 269 g/mol. The van der Waals surface area contributed by atoms with Crippen LogP contribution in [0.5, 0.6) is 0 Å². The van der Waals surface area contributed by atoms with Gasteiger partial charge in [-0.05, 0) is 32.9 Å². The summed E-state index contributed by atoms with van der Waals surface area (Å²) in [6.07, 6.45) is 0. The van der Waals surface area contributed by atoms with Crippen LogP contribution in [-0.4, -0.2) is 62.3 Å². The van der Waals surface area contributed by atoms with Crippen LogP contribution < -0.4 is 10.6 Å². The molecular weight excluding hydrogens is 242 g/mol. The Morgan fingerprint density at radius 3 is 2.58 bits per heavy atom. The molecule has 1 amide bonds. The molecule has 19 heavy (non-hydrogen) atoms. The standard InChI is InChI=1S/C14H27N3O2/c1-11(12-8-15-9-12)13(18)16-10-14(2,3)17-4-6-19-7-5-17/h11-12,15H,4-10H2,1-3H3,(H,16,18). The van der Waals surface area contributed by atoms with E-state index in [0.717, 1.165) is 39.4 Å². The van der Waals surface area contributed by atoms with E-state index in [1.54, 1.807) is 0 Å². The summed E-state index contributed by atoms with van der Waals surface area (Å²) in [5, 5.41) is 6.34. The molecule has 2 N–H and O–H groups in total. The molecule has 0 aromatic heterocycles. The lowest BCUT2D eigenvalue weighted by Crippen LogP contribution is -2.57. The largest absolute Gasteiger partial charge is 0.379 e. The minimum absolute atomic E-state index is 0.00295. The van der Waals surface area contributed by atoms with Crippen LogP contribution in [-0.2, 0) is 9.53 Å². The molecule has 0 radical (unpaired) electrons. The summed E-state index contributed by atoms with van der Waals surface area (Å²) in [4.78, 5) is 14.5. The van der Waals surface area contributed by atoms with Crippen LogP contribution in [0.15, 0.2) is 0 Å². The van der Waals surface area contributed by atoms with E-state index in [4.69, 9.17) is 4.74 Å². The van der Waals surface area contributed by atoms with E-state index in [0.29, 0.717) is 12.5 Å². The van der Waals surface area contributed by atoms with Crippen molar-refractivity contribution in [3.05, 3.63) is 0 Å². The van der Waals surface area contributed by atoms with Crippen molar-refractivity contribution in [1.29, 1.82) is 0 Å². The number of morpholine rings is 1. The van der Waals surface area contributed by atoms with Gasteiger partial charge in [0.05, 0.1) is 13.2 Å². The van der Waals surface area contributed by atoms with Gasteiger partial charge in [0, 0.05) is 31.1 Å². The van der Waals surface area contributed by atoms with E-state index in [2.05, 4.69) is 29.4 Å². The molecule has 5 heteroatoms. The zero-order chi connectivity index (χ0) is 13.9. The smallest absolute Gasteiger partial charge is 0.223 e. The van der Waals surface area contributed by atoms with Gasteiger partial charge >= 0.3 is 0 Å². The summed E-state index contributed by atoms with van der Waals surface area (Å²) in [6, 6.07) is 0. The van der Waals surface area contributed by atoms with Crippen LogP contribution in [0.2, 0.25) is 0 Å². The van der Waals surface area contributed by atoms with Crippen LogP contribution in [0.1, 0.15) is 20.8 Å². The number of ether oxygens (including phenoxy) is 1. The molecule has 1 atom stereocenters. The summed E-state index contributed by atoms with van der Waals surface area (Å²) >= 11 is 0. The second-order valence-corrected chi connectivity index (χ2v) is 6.34. The van der Waals surface area contributed by atoms with Crippen LogP contribution in [0.3, 0.4) is 0 Å². The predicted molar refractivity (Wildman–Crippen MR) is 75.0 cm³/mol. The SMILES string of the molecule is CC(C(=O)NCC(C)(C)N1CCOCC1)C1CNC1. The highest BCUT2D eigenvalue weighted by Crippen LogP contribution is 2.18. The molecule has 2 rings (SSSR count). The highest BCUT2D eigenvalue weighted by Gasteiger charge is 2.32. The number of carbonyl (C=O) groups excluding carboxylic acids is 1. The van der Waals surface area contributed by atoms with Crippen molar-refractivity contribution in [1.82, 2.24) is 15.5 Å². The first kappa shape index (κ1) is 14.8. The number of hydrogen-bond donors (Lipinski definition) is 2. The number of carbonyl (C=O) groups is 1. The molecule has 2 aliphatic heterocycles. The molecule has 2 heterocycles. The molecule has 0 saturated carbocycles. The maximum Gasteiger partial charge on any atom is 0.223 e. The fourth-order valence-corrected chi connectivity index (χ4v) is 2.62. The Labute approximate surface area is 116 Å². The predicted octanol–water partition coefficient (Wildman–Crippen LogP) is 0.0689. The van der Waals surface area contributed by atoms with Crippen molar-refractivity contribution in [2.24, 2.45) is 11.8 Å². The van der Waals surface area contributed by atoms with Crippen LogP contribution in [0.25, 0.3) is 0 Å². The van der Waals surface area contributed by atoms with Gasteiger partial charge in [-0.2, -0.15) is 0 Å². The molecule has 0 spiro atoms. The fraction of sp³-hybridized carbons (Fsp3) is 0.929. The van der Waals surface area contributed by atoms with Gasteiger partial charge < -0.3 is 15.4 Å². The van der Waals surface area contributed by atoms with Crippen LogP contribution >= 0.6 is 0 Å². The van der Waals surface area contributed by atoms with Crippen molar-refractivity contribution >= 4 is 5.91 Å². The van der Waals surface area contributed by atoms with E-state index in [1.807, 2.05) is 6.92 Å². The first-order valence-corrected chi connectivity index (χ1v) is 7.32. The van der Waals surface area contributed by atoms with Crippen molar-refractivity contribution in [3.63, 3.8) is 0 Å². The second kappa shape index (κ2) is 6.20. The van der Waals surface area contributed by atoms with Gasteiger partial charge in [0.25, 0.3) is 0 Å². The number of nitrogens with zero attached hydrogens (tertiary/aromatic N) is 1. The Morgan fingerprint density at radius 2 is 2.05 bits per heavy atom. The summed E-state index contributed by atoms with van der Waals surface area (Å²) in [5.74, 6) is 0.807. The van der Waals surface area contributed by atoms with Crippen LogP contribution in [0, 0.1) is 11.8 Å². The Bertz CT molecular complexity index is 310. The molecule has 110 valence electrons. The fourth-order valence-electron chi connectivity index (χ4n) is 2.62. The van der Waals surface area contributed by atoms with Crippen LogP contribution in [0.4, 0.5) is 0 Å². The zero-order valence-corrected chi connectivity index (χ0v) is 12.4. The molecule has 2 fully saturated rings. The highest BCUT2D eigenvalue weighted by atomic mass is 16.5. The number of rotatable bonds is 5. The van der Waals surface area contributed by atoms with Gasteiger partial charge in [-0.15, -0.1) is 0 Å². The van der Waals surface area contributed by atoms with E-state index in [9.17, 15) is 4.79 Å². The maximum atomic E-state index is 12.1. The number of amides is 1. The Morgan fingerprint density at radius 1 is 1.42 bits per heavy atom. The Kier molecular flexibility index (Phi) is 4.81. The molecule has 5 nitrogen and oxygen atoms in total. The van der Waals surface area contributed by atoms with Crippen molar-refractivity contribution < 1.29 is 9.53 Å². The summed E-state index contributed by atoms with van der Waals surface area (Å²) in [6.45, 7) is 12.5. The van der Waals surface area contributed by atoms with Crippen molar-refractivity contribution in [3.8, 4) is 0 Å². The monoisotopic (exact) mass is 269 g/mol. The number of nitrogens with one attached hydrogen (secondary N) is 2. The normalized spacial score (nSPS) is 23.7. The molecule has 0 aliphatic carbocycles. The molecular formula is C14H27N3O2. The lowest BCUT2D eigenvalue weighted by Gasteiger charge is -2.41. The van der Waals surface area contributed by atoms with Gasteiger partial charge in [0.2, 0.25) is 5.91 Å². The first-order chi connectivity index (χ1) is 9.00. The number of hydrogen-bond acceptors (Lipinski definition) is 4. The maximum absolute atomic E-state index is 12.1. The van der Waals surface area contributed by atoms with Crippen molar-refractivity contribution in [2.45, 2.75) is 26.3 Å². The minimum Gasteiger partial charge on any atom is -0.379 e. The van der Waals surface area contributed by atoms with Gasteiger partial charge in [-0.25, -0.2) is 0 Å². The third-order valence-electron chi connectivity index (χ3n) is 4.50. The molecule has 2 saturated heterocycles. The quantitative estimate of drug-likeness (QED) is 0.741. The molecule has 0 aromatic rings. The minimum atomic E-state index is -0.00295. The van der Waals surface area contributed by atoms with Gasteiger partial charge in [-0.3, -0.25) is 9.69 Å². The summed E-state index contributed by atoms with van der Waals surface area (Å²) < 4.78 is 5.38. The third kappa shape index (κ3) is 3.68. The third-order valence-corrected chi connectivity index (χ3v) is 4.50. The lowest BCUT2D eigenvalue weighted by molar-refractivity contribution is -0.127. The summed E-state index contributed by atoms with van der Waals surface area (Å²) in [5.41, 5.74) is -0.00295. The zero-order valence-electron chi connectivity index (χ0n) is 12.4. The second-order valence-electron chi connectivity index (χ2n) is 6.34. The van der Waals surface area contributed by atoms with E-state index >= 15 is 0 Å². The molecule has 0 aromatic carbocycles. The highest BCUT2D eigenvalue weighted by molar-refractivity contribution is 5.78.